The summed E-state index contributed by atoms with van der Waals surface area (Å²) in [7, 11) is 1.44. The van der Waals surface area contributed by atoms with E-state index < -0.39 is 4.92 Å². The Hall–Kier alpha value is -1.82. The predicted molar refractivity (Wildman–Crippen MR) is 71.9 cm³/mol. The lowest BCUT2D eigenvalue weighted by Gasteiger charge is -2.34. The largest absolute Gasteiger partial charge is 0.490 e. The molecule has 0 unspecified atom stereocenters. The lowest BCUT2D eigenvalue weighted by atomic mass is 10.2. The fraction of sp³-hybridized carbons (Fsp3) is 0.538. The lowest BCUT2D eigenvalue weighted by molar-refractivity contribution is -0.385. The van der Waals surface area contributed by atoms with E-state index in [0.717, 1.165) is 25.2 Å². The first kappa shape index (κ1) is 13.6. The number of hydrogen-bond acceptors (Lipinski definition) is 5. The minimum absolute atomic E-state index is 0.00782. The van der Waals surface area contributed by atoms with Crippen LogP contribution in [-0.2, 0) is 4.74 Å². The summed E-state index contributed by atoms with van der Waals surface area (Å²) in [6.45, 7) is 4.36. The second kappa shape index (κ2) is 5.88. The molecule has 104 valence electrons. The Morgan fingerprint density at radius 3 is 3.00 bits per heavy atom. The standard InChI is InChI=1S/C13H18N2O4/c1-3-11-9-14(6-7-19-11)10-4-5-12(15(16)17)13(8-10)18-2/h4-5,8,11H,3,6-7,9H2,1-2H3/t11-/m0/s1. The predicted octanol–water partition coefficient (Wildman–Crippen LogP) is 2.22. The van der Waals surface area contributed by atoms with Gasteiger partial charge >= 0.3 is 5.69 Å². The Kier molecular flexibility index (Phi) is 4.21. The summed E-state index contributed by atoms with van der Waals surface area (Å²) in [4.78, 5) is 12.6. The molecule has 1 heterocycles. The molecule has 0 spiro atoms. The molecule has 0 N–H and O–H groups in total. The van der Waals surface area contributed by atoms with Crippen molar-refractivity contribution in [3.05, 3.63) is 28.3 Å². The fourth-order valence-corrected chi connectivity index (χ4v) is 2.21. The average molecular weight is 266 g/mol. The molecule has 6 heteroatoms. The zero-order valence-corrected chi connectivity index (χ0v) is 11.2. The Bertz CT molecular complexity index is 464. The van der Waals surface area contributed by atoms with Gasteiger partial charge in [0.15, 0.2) is 5.75 Å². The third kappa shape index (κ3) is 2.96. The summed E-state index contributed by atoms with van der Waals surface area (Å²) in [5.74, 6) is 0.294. The molecule has 1 aliphatic rings. The molecule has 0 amide bonds. The van der Waals surface area contributed by atoms with Crippen LogP contribution in [-0.4, -0.2) is 37.8 Å². The number of anilines is 1. The van der Waals surface area contributed by atoms with E-state index in [2.05, 4.69) is 11.8 Å². The molecule has 6 nitrogen and oxygen atoms in total. The van der Waals surface area contributed by atoms with Crippen molar-refractivity contribution < 1.29 is 14.4 Å². The molecule has 2 rings (SSSR count). The van der Waals surface area contributed by atoms with E-state index in [1.54, 1.807) is 12.1 Å². The molecule has 1 saturated heterocycles. The van der Waals surface area contributed by atoms with Crippen LogP contribution in [0.3, 0.4) is 0 Å². The second-order valence-electron chi connectivity index (χ2n) is 4.46. The van der Waals surface area contributed by atoms with Crippen molar-refractivity contribution in [3.8, 4) is 5.75 Å². The molecular formula is C13H18N2O4. The van der Waals surface area contributed by atoms with Crippen LogP contribution < -0.4 is 9.64 Å². The Morgan fingerprint density at radius 1 is 1.58 bits per heavy atom. The van der Waals surface area contributed by atoms with Crippen LogP contribution in [0.15, 0.2) is 18.2 Å². The highest BCUT2D eigenvalue weighted by atomic mass is 16.6. The first-order valence-electron chi connectivity index (χ1n) is 6.34. The maximum Gasteiger partial charge on any atom is 0.311 e. The van der Waals surface area contributed by atoms with Gasteiger partial charge in [0.1, 0.15) is 0 Å². The van der Waals surface area contributed by atoms with Gasteiger partial charge in [0.2, 0.25) is 0 Å². The monoisotopic (exact) mass is 266 g/mol. The third-order valence-corrected chi connectivity index (χ3v) is 3.32. The summed E-state index contributed by atoms with van der Waals surface area (Å²) in [5, 5.41) is 10.9. The molecular weight excluding hydrogens is 248 g/mol. The van der Waals surface area contributed by atoms with Crippen LogP contribution in [0.1, 0.15) is 13.3 Å². The SMILES string of the molecule is CC[C@H]1CN(c2ccc([N+](=O)[O-])c(OC)c2)CCO1. The van der Waals surface area contributed by atoms with Gasteiger partial charge in [0.25, 0.3) is 0 Å². The minimum atomic E-state index is -0.434. The molecule has 0 bridgehead atoms. The molecule has 1 fully saturated rings. The van der Waals surface area contributed by atoms with E-state index in [1.807, 2.05) is 0 Å². The smallest absolute Gasteiger partial charge is 0.311 e. The number of benzene rings is 1. The highest BCUT2D eigenvalue weighted by Crippen LogP contribution is 2.32. The van der Waals surface area contributed by atoms with Gasteiger partial charge in [-0.05, 0) is 12.5 Å². The molecule has 0 saturated carbocycles. The van der Waals surface area contributed by atoms with Crippen LogP contribution in [0.25, 0.3) is 0 Å². The van der Waals surface area contributed by atoms with Crippen LogP contribution in [0.4, 0.5) is 11.4 Å². The summed E-state index contributed by atoms with van der Waals surface area (Å²) >= 11 is 0. The van der Waals surface area contributed by atoms with Gasteiger partial charge in [-0.15, -0.1) is 0 Å². The van der Waals surface area contributed by atoms with E-state index >= 15 is 0 Å². The normalized spacial score (nSPS) is 19.3. The van der Waals surface area contributed by atoms with E-state index in [-0.39, 0.29) is 11.8 Å². The number of nitro benzene ring substituents is 1. The highest BCUT2D eigenvalue weighted by Gasteiger charge is 2.22. The number of nitrogens with zero attached hydrogens (tertiary/aromatic N) is 2. The maximum atomic E-state index is 10.9. The molecule has 0 radical (unpaired) electrons. The van der Waals surface area contributed by atoms with Gasteiger partial charge in [0.05, 0.1) is 24.7 Å². The van der Waals surface area contributed by atoms with E-state index in [0.29, 0.717) is 12.4 Å². The molecule has 19 heavy (non-hydrogen) atoms. The summed E-state index contributed by atoms with van der Waals surface area (Å²) in [6, 6.07) is 4.97. The van der Waals surface area contributed by atoms with Crippen molar-refractivity contribution in [3.63, 3.8) is 0 Å². The van der Waals surface area contributed by atoms with Crippen molar-refractivity contribution >= 4 is 11.4 Å². The van der Waals surface area contributed by atoms with Gasteiger partial charge < -0.3 is 14.4 Å². The zero-order valence-electron chi connectivity index (χ0n) is 11.2. The van der Waals surface area contributed by atoms with Crippen LogP contribution in [0, 0.1) is 10.1 Å². The molecule has 1 atom stereocenters. The number of hydrogen-bond donors (Lipinski definition) is 0. The summed E-state index contributed by atoms with van der Waals surface area (Å²) < 4.78 is 10.7. The summed E-state index contributed by atoms with van der Waals surface area (Å²) in [5.41, 5.74) is 0.927. The van der Waals surface area contributed by atoms with Gasteiger partial charge in [-0.2, -0.15) is 0 Å². The Labute approximate surface area is 112 Å². The number of nitro groups is 1. The van der Waals surface area contributed by atoms with Crippen molar-refractivity contribution in [2.24, 2.45) is 0 Å². The Balaban J connectivity index is 2.23. The number of methoxy groups -OCH3 is 1. The Morgan fingerprint density at radius 2 is 2.37 bits per heavy atom. The summed E-state index contributed by atoms with van der Waals surface area (Å²) in [6.07, 6.45) is 1.18. The average Bonchev–Trinajstić information content (AvgIpc) is 2.46. The zero-order chi connectivity index (χ0) is 13.8. The molecule has 1 aromatic rings. The van der Waals surface area contributed by atoms with Crippen molar-refractivity contribution in [2.75, 3.05) is 31.7 Å². The van der Waals surface area contributed by atoms with Crippen molar-refractivity contribution in [1.29, 1.82) is 0 Å². The van der Waals surface area contributed by atoms with E-state index in [9.17, 15) is 10.1 Å². The topological polar surface area (TPSA) is 64.8 Å². The van der Waals surface area contributed by atoms with E-state index in [1.165, 1.54) is 13.2 Å². The first-order chi connectivity index (χ1) is 9.15. The van der Waals surface area contributed by atoms with Crippen LogP contribution in [0.2, 0.25) is 0 Å². The van der Waals surface area contributed by atoms with Gasteiger partial charge in [-0.1, -0.05) is 6.92 Å². The van der Waals surface area contributed by atoms with Crippen molar-refractivity contribution in [1.82, 2.24) is 0 Å². The van der Waals surface area contributed by atoms with Crippen molar-refractivity contribution in [2.45, 2.75) is 19.4 Å². The fourth-order valence-electron chi connectivity index (χ4n) is 2.21. The number of morpholine rings is 1. The number of ether oxygens (including phenoxy) is 2. The van der Waals surface area contributed by atoms with Gasteiger partial charge in [-0.25, -0.2) is 0 Å². The lowest BCUT2D eigenvalue weighted by Crippen LogP contribution is -2.42. The molecule has 1 aliphatic heterocycles. The van der Waals surface area contributed by atoms with Gasteiger partial charge in [0, 0.05) is 30.9 Å². The van der Waals surface area contributed by atoms with E-state index in [4.69, 9.17) is 9.47 Å². The second-order valence-corrected chi connectivity index (χ2v) is 4.46. The van der Waals surface area contributed by atoms with Gasteiger partial charge in [-0.3, -0.25) is 10.1 Å². The molecule has 1 aromatic carbocycles. The maximum absolute atomic E-state index is 10.9. The molecule has 0 aromatic heterocycles. The highest BCUT2D eigenvalue weighted by molar-refractivity contribution is 5.59. The van der Waals surface area contributed by atoms with Crippen LogP contribution >= 0.6 is 0 Å². The minimum Gasteiger partial charge on any atom is -0.490 e. The van der Waals surface area contributed by atoms with Crippen LogP contribution in [0.5, 0.6) is 5.75 Å². The third-order valence-electron chi connectivity index (χ3n) is 3.32. The number of rotatable bonds is 4. The molecule has 0 aliphatic carbocycles. The first-order valence-corrected chi connectivity index (χ1v) is 6.34. The quantitative estimate of drug-likeness (QED) is 0.617.